The molecule has 3 aromatic heterocycles. The van der Waals surface area contributed by atoms with Crippen molar-refractivity contribution in [3.05, 3.63) is 65.6 Å². The first-order valence-corrected chi connectivity index (χ1v) is 20.0. The first-order valence-electron chi connectivity index (χ1n) is 18.4. The van der Waals surface area contributed by atoms with Crippen molar-refractivity contribution in [1.82, 2.24) is 45.2 Å². The summed E-state index contributed by atoms with van der Waals surface area (Å²) in [4.78, 5) is 89.0. The lowest BCUT2D eigenvalue weighted by molar-refractivity contribution is -0.150. The molecule has 292 valence electrons. The molecule has 16 nitrogen and oxygen atoms in total. The van der Waals surface area contributed by atoms with Gasteiger partial charge in [-0.2, -0.15) is 5.10 Å². The van der Waals surface area contributed by atoms with Crippen LogP contribution in [-0.4, -0.2) is 94.9 Å². The van der Waals surface area contributed by atoms with Crippen molar-refractivity contribution in [3.63, 3.8) is 0 Å². The third-order valence-corrected chi connectivity index (χ3v) is 11.4. The Morgan fingerprint density at radius 3 is 2.36 bits per heavy atom. The first kappa shape index (κ1) is 39.8. The second kappa shape index (κ2) is 17.3. The van der Waals surface area contributed by atoms with Crippen LogP contribution in [0, 0.1) is 5.92 Å². The van der Waals surface area contributed by atoms with E-state index in [1.807, 2.05) is 12.2 Å². The Balaban J connectivity index is 1.37. The molecule has 1 saturated carbocycles. The maximum absolute atomic E-state index is 14.6. The second-order valence-electron chi connectivity index (χ2n) is 14.5. The number of carbonyl (C=O) groups is 4. The average molecular weight is 792 g/mol. The van der Waals surface area contributed by atoms with Gasteiger partial charge in [-0.3, -0.25) is 14.4 Å². The summed E-state index contributed by atoms with van der Waals surface area (Å²) in [6, 6.07) is 0.458. The van der Waals surface area contributed by atoms with Crippen molar-refractivity contribution in [3.8, 4) is 0 Å². The standard InChI is InChI=1S/C37H45N9O7S2/c1-5-52-32(50)37-20-23(37)13-9-7-6-8-10-14-25(43-35(51)53-36(2,3)4)30(48)45-22-24(19-26(45)29(47)44-37)46-31(49)28(55-34-40-17-12-18-41-34)27(21-42-46)54-33-38-15-11-16-39-33/h9,11-13,15-18,21,23-26H,5-8,10,14,19-20,22H2,1-4H3,(H,43,51)(H,44,47)/b13-9-/t23-,24+,25-,26-,37+/m0/s1. The Labute approximate surface area is 327 Å². The topological polar surface area (TPSA) is 200 Å². The largest absolute Gasteiger partial charge is 0.464 e. The van der Waals surface area contributed by atoms with Crippen LogP contribution in [0.25, 0.3) is 0 Å². The Morgan fingerprint density at radius 2 is 1.69 bits per heavy atom. The summed E-state index contributed by atoms with van der Waals surface area (Å²) in [6.45, 7) is 6.94. The minimum Gasteiger partial charge on any atom is -0.464 e. The smallest absolute Gasteiger partial charge is 0.408 e. The predicted molar refractivity (Wildman–Crippen MR) is 201 cm³/mol. The van der Waals surface area contributed by atoms with E-state index in [1.165, 1.54) is 15.8 Å². The zero-order valence-corrected chi connectivity index (χ0v) is 32.8. The quantitative estimate of drug-likeness (QED) is 0.188. The molecule has 5 heterocycles. The molecule has 3 amide bonds. The number of hydrogen-bond acceptors (Lipinski definition) is 14. The van der Waals surface area contributed by atoms with Crippen LogP contribution in [0.15, 0.2) is 80.2 Å². The van der Waals surface area contributed by atoms with Crippen LogP contribution < -0.4 is 16.2 Å². The lowest BCUT2D eigenvalue weighted by Crippen LogP contribution is -2.56. The van der Waals surface area contributed by atoms with Crippen LogP contribution in [0.1, 0.15) is 78.7 Å². The van der Waals surface area contributed by atoms with Gasteiger partial charge in [-0.1, -0.05) is 25.0 Å². The molecule has 5 atom stereocenters. The second-order valence-corrected chi connectivity index (χ2v) is 16.5. The van der Waals surface area contributed by atoms with Crippen molar-refractivity contribution in [1.29, 1.82) is 0 Å². The third kappa shape index (κ3) is 9.70. The Kier molecular flexibility index (Phi) is 12.5. The van der Waals surface area contributed by atoms with Crippen molar-refractivity contribution >= 4 is 47.4 Å². The van der Waals surface area contributed by atoms with Gasteiger partial charge in [0.25, 0.3) is 5.56 Å². The number of alkyl carbamates (subject to hydrolysis) is 1. The molecule has 1 aliphatic carbocycles. The molecule has 0 spiro atoms. The Hall–Kier alpha value is -4.84. The van der Waals surface area contributed by atoms with E-state index in [9.17, 15) is 24.0 Å². The van der Waals surface area contributed by atoms with Crippen LogP contribution in [0.2, 0.25) is 0 Å². The molecule has 0 radical (unpaired) electrons. The molecule has 6 rings (SSSR count). The SMILES string of the molecule is CCOC(=O)[C@@]12C[C@@H]1/C=C\CCCCC[C@H](NC(=O)OC(C)(C)C)C(=O)N1C[C@H](n3ncc(Sc4ncccn4)c(Sc4ncccn4)c3=O)C[C@H]1C(=O)N2. The number of esters is 1. The van der Waals surface area contributed by atoms with E-state index in [1.54, 1.807) is 64.6 Å². The lowest BCUT2D eigenvalue weighted by atomic mass is 10.0. The summed E-state index contributed by atoms with van der Waals surface area (Å²) in [7, 11) is 0. The summed E-state index contributed by atoms with van der Waals surface area (Å²) >= 11 is 2.21. The molecule has 2 fully saturated rings. The van der Waals surface area contributed by atoms with Gasteiger partial charge in [0.2, 0.25) is 11.8 Å². The Bertz CT molecular complexity index is 1960. The van der Waals surface area contributed by atoms with Gasteiger partial charge >= 0.3 is 12.1 Å². The minimum atomic E-state index is -1.28. The molecule has 2 N–H and O–H groups in total. The first-order chi connectivity index (χ1) is 26.4. The number of aromatic nitrogens is 6. The molecule has 0 bridgehead atoms. The molecule has 18 heteroatoms. The highest BCUT2D eigenvalue weighted by molar-refractivity contribution is 8.02. The molecule has 3 aromatic rings. The van der Waals surface area contributed by atoms with Crippen molar-refractivity contribution in [2.75, 3.05) is 13.2 Å². The maximum Gasteiger partial charge on any atom is 0.408 e. The lowest BCUT2D eigenvalue weighted by Gasteiger charge is -2.30. The van der Waals surface area contributed by atoms with Gasteiger partial charge in [0, 0.05) is 43.7 Å². The van der Waals surface area contributed by atoms with Crippen molar-refractivity contribution < 1.29 is 28.7 Å². The highest BCUT2D eigenvalue weighted by Crippen LogP contribution is 2.46. The fraction of sp³-hybridized carbons (Fsp3) is 0.514. The number of nitrogens with one attached hydrogen (secondary N) is 2. The maximum atomic E-state index is 14.6. The summed E-state index contributed by atoms with van der Waals surface area (Å²) in [5.41, 5.74) is -2.58. The van der Waals surface area contributed by atoms with E-state index in [-0.39, 0.29) is 30.4 Å². The Morgan fingerprint density at radius 1 is 1.00 bits per heavy atom. The van der Waals surface area contributed by atoms with Crippen LogP contribution in [-0.2, 0) is 23.9 Å². The van der Waals surface area contributed by atoms with E-state index < -0.39 is 58.7 Å². The third-order valence-electron chi connectivity index (χ3n) is 9.34. The number of amides is 3. The van der Waals surface area contributed by atoms with Crippen molar-refractivity contribution in [2.24, 2.45) is 5.92 Å². The van der Waals surface area contributed by atoms with Crippen LogP contribution in [0.3, 0.4) is 0 Å². The summed E-state index contributed by atoms with van der Waals surface area (Å²) < 4.78 is 12.2. The van der Waals surface area contributed by atoms with Gasteiger partial charge < -0.3 is 25.0 Å². The fourth-order valence-corrected chi connectivity index (χ4v) is 8.38. The van der Waals surface area contributed by atoms with Gasteiger partial charge in [-0.15, -0.1) is 0 Å². The van der Waals surface area contributed by atoms with Gasteiger partial charge in [-0.05, 0) is 89.0 Å². The van der Waals surface area contributed by atoms with Gasteiger partial charge in [0.05, 0.1) is 28.6 Å². The molecular formula is C37H45N9O7S2. The number of hydrogen-bond donors (Lipinski definition) is 2. The molecule has 3 aliphatic rings. The highest BCUT2D eigenvalue weighted by Gasteiger charge is 2.62. The number of ether oxygens (including phenoxy) is 2. The fourth-order valence-electron chi connectivity index (χ4n) is 6.68. The summed E-state index contributed by atoms with van der Waals surface area (Å²) in [5, 5.41) is 11.0. The number of rotatable bonds is 8. The number of carbonyl (C=O) groups excluding carboxylic acids is 4. The predicted octanol–water partition coefficient (Wildman–Crippen LogP) is 4.12. The van der Waals surface area contributed by atoms with Crippen molar-refractivity contribution in [2.45, 2.75) is 122 Å². The number of allylic oxidation sites excluding steroid dienone is 1. The molecular weight excluding hydrogens is 747 g/mol. The number of fused-ring (bicyclic) bond motifs is 2. The molecule has 2 aliphatic heterocycles. The minimum absolute atomic E-state index is 0.00325. The van der Waals surface area contributed by atoms with Crippen LogP contribution in [0.5, 0.6) is 0 Å². The zero-order valence-electron chi connectivity index (χ0n) is 31.2. The van der Waals surface area contributed by atoms with Crippen LogP contribution in [0.4, 0.5) is 4.79 Å². The van der Waals surface area contributed by atoms with E-state index in [4.69, 9.17) is 9.47 Å². The molecule has 0 unspecified atom stereocenters. The van der Waals surface area contributed by atoms with Gasteiger partial charge in [-0.25, -0.2) is 34.2 Å². The average Bonchev–Trinajstić information content (AvgIpc) is 3.66. The molecule has 55 heavy (non-hydrogen) atoms. The highest BCUT2D eigenvalue weighted by atomic mass is 32.2. The van der Waals surface area contributed by atoms with Crippen LogP contribution >= 0.6 is 23.5 Å². The monoisotopic (exact) mass is 791 g/mol. The van der Waals surface area contributed by atoms with Gasteiger partial charge in [0.1, 0.15) is 23.2 Å². The van der Waals surface area contributed by atoms with E-state index in [0.29, 0.717) is 34.5 Å². The van der Waals surface area contributed by atoms with E-state index >= 15 is 0 Å². The van der Waals surface area contributed by atoms with E-state index in [0.717, 1.165) is 42.8 Å². The zero-order chi connectivity index (χ0) is 39.2. The molecule has 1 saturated heterocycles. The molecule has 0 aromatic carbocycles. The summed E-state index contributed by atoms with van der Waals surface area (Å²) in [5.74, 6) is -1.89. The summed E-state index contributed by atoms with van der Waals surface area (Å²) in [6.07, 6.45) is 14.7. The number of nitrogens with zero attached hydrogens (tertiary/aromatic N) is 7. The van der Waals surface area contributed by atoms with E-state index in [2.05, 4.69) is 35.7 Å². The normalized spacial score (nSPS) is 25.0. The van der Waals surface area contributed by atoms with Gasteiger partial charge in [0.15, 0.2) is 10.3 Å².